The van der Waals surface area contributed by atoms with E-state index in [1.807, 2.05) is 24.3 Å². The molecule has 1 N–H and O–H groups in total. The lowest BCUT2D eigenvalue weighted by Gasteiger charge is -2.32. The molecule has 0 fully saturated rings. The molecule has 1 aliphatic heterocycles. The minimum atomic E-state index is -0.273. The lowest BCUT2D eigenvalue weighted by Crippen LogP contribution is -2.29. The Kier molecular flexibility index (Phi) is 5.12. The summed E-state index contributed by atoms with van der Waals surface area (Å²) in [4.78, 5) is 16.9. The van der Waals surface area contributed by atoms with Gasteiger partial charge in [-0.25, -0.2) is 4.39 Å². The average molecular weight is 378 g/mol. The summed E-state index contributed by atoms with van der Waals surface area (Å²) >= 11 is 1.76. The molecular formula is C22H19FN2OS. The summed E-state index contributed by atoms with van der Waals surface area (Å²) < 4.78 is 13.0. The van der Waals surface area contributed by atoms with Crippen molar-refractivity contribution in [3.8, 4) is 0 Å². The molecule has 5 heteroatoms. The molecule has 3 aromatic carbocycles. The van der Waals surface area contributed by atoms with E-state index in [1.54, 1.807) is 23.9 Å². The van der Waals surface area contributed by atoms with Gasteiger partial charge in [-0.2, -0.15) is 0 Å². The van der Waals surface area contributed by atoms with E-state index in [-0.39, 0.29) is 11.7 Å². The van der Waals surface area contributed by atoms with Crippen LogP contribution in [0, 0.1) is 5.82 Å². The first-order valence-corrected chi connectivity index (χ1v) is 9.67. The molecule has 27 heavy (non-hydrogen) atoms. The summed E-state index contributed by atoms with van der Waals surface area (Å²) in [5, 5.41) is 2.91. The van der Waals surface area contributed by atoms with Gasteiger partial charge in [0.15, 0.2) is 0 Å². The quantitative estimate of drug-likeness (QED) is 0.668. The number of anilines is 2. The van der Waals surface area contributed by atoms with Gasteiger partial charge in [-0.15, -0.1) is 0 Å². The molecule has 0 aromatic heterocycles. The number of carbonyl (C=O) groups excluding carboxylic acids is 1. The number of para-hydroxylation sites is 2. The summed E-state index contributed by atoms with van der Waals surface area (Å²) in [5.74, 6) is -0.294. The van der Waals surface area contributed by atoms with Gasteiger partial charge in [0, 0.05) is 29.3 Å². The summed E-state index contributed by atoms with van der Waals surface area (Å²) in [7, 11) is 0. The van der Waals surface area contributed by atoms with Gasteiger partial charge >= 0.3 is 0 Å². The molecule has 0 saturated carbocycles. The van der Waals surface area contributed by atoms with Crippen LogP contribution in [0.2, 0.25) is 0 Å². The number of nitrogens with one attached hydrogen (secondary N) is 1. The van der Waals surface area contributed by atoms with Crippen molar-refractivity contribution in [3.05, 3.63) is 84.2 Å². The van der Waals surface area contributed by atoms with Crippen molar-refractivity contribution in [2.24, 2.45) is 0 Å². The van der Waals surface area contributed by atoms with Gasteiger partial charge in [0.05, 0.1) is 11.4 Å². The fraction of sp³-hybridized carbons (Fsp3) is 0.136. The van der Waals surface area contributed by atoms with Gasteiger partial charge < -0.3 is 10.2 Å². The third kappa shape index (κ3) is 3.98. The highest BCUT2D eigenvalue weighted by Crippen LogP contribution is 2.47. The molecule has 0 atom stereocenters. The van der Waals surface area contributed by atoms with Crippen LogP contribution < -0.4 is 10.2 Å². The largest absolute Gasteiger partial charge is 0.352 e. The molecule has 1 amide bonds. The summed E-state index contributed by atoms with van der Waals surface area (Å²) in [5.41, 5.74) is 3.15. The number of hydrogen-bond acceptors (Lipinski definition) is 3. The van der Waals surface area contributed by atoms with E-state index in [1.165, 1.54) is 21.9 Å². The van der Waals surface area contributed by atoms with Crippen LogP contribution >= 0.6 is 11.8 Å². The second-order valence-corrected chi connectivity index (χ2v) is 7.43. The van der Waals surface area contributed by atoms with Crippen molar-refractivity contribution < 1.29 is 9.18 Å². The van der Waals surface area contributed by atoms with Crippen molar-refractivity contribution in [1.82, 2.24) is 5.32 Å². The minimum absolute atomic E-state index is 0.0208. The second kappa shape index (κ2) is 7.84. The Labute approximate surface area is 162 Å². The molecule has 0 aliphatic carbocycles. The number of halogens is 1. The number of fused-ring (bicyclic) bond motifs is 2. The number of hydrogen-bond donors (Lipinski definition) is 1. The van der Waals surface area contributed by atoms with E-state index < -0.39 is 0 Å². The first-order valence-electron chi connectivity index (χ1n) is 8.85. The molecule has 0 spiro atoms. The average Bonchev–Trinajstić information content (AvgIpc) is 2.70. The Hall–Kier alpha value is -2.79. The van der Waals surface area contributed by atoms with E-state index in [0.717, 1.165) is 16.9 Å². The Balaban J connectivity index is 1.43. The fourth-order valence-corrected chi connectivity index (χ4v) is 4.22. The van der Waals surface area contributed by atoms with E-state index in [2.05, 4.69) is 34.5 Å². The Bertz CT molecular complexity index is 913. The van der Waals surface area contributed by atoms with Crippen LogP contribution in [0.4, 0.5) is 15.8 Å². The van der Waals surface area contributed by atoms with E-state index in [0.29, 0.717) is 19.5 Å². The Morgan fingerprint density at radius 1 is 0.889 bits per heavy atom. The first kappa shape index (κ1) is 17.6. The highest BCUT2D eigenvalue weighted by atomic mass is 32.2. The van der Waals surface area contributed by atoms with Gasteiger partial charge in [-0.3, -0.25) is 4.79 Å². The maximum atomic E-state index is 13.0. The van der Waals surface area contributed by atoms with Gasteiger partial charge in [-0.1, -0.05) is 48.2 Å². The summed E-state index contributed by atoms with van der Waals surface area (Å²) in [6.45, 7) is 1.01. The zero-order chi connectivity index (χ0) is 18.6. The highest BCUT2D eigenvalue weighted by Gasteiger charge is 2.23. The lowest BCUT2D eigenvalue weighted by atomic mass is 10.2. The van der Waals surface area contributed by atoms with Gasteiger partial charge in [0.1, 0.15) is 5.82 Å². The molecule has 0 radical (unpaired) electrons. The van der Waals surface area contributed by atoms with Crippen LogP contribution in [0.15, 0.2) is 82.6 Å². The predicted molar refractivity (Wildman–Crippen MR) is 107 cm³/mol. The molecule has 0 unspecified atom stereocenters. The Morgan fingerprint density at radius 2 is 1.48 bits per heavy atom. The van der Waals surface area contributed by atoms with Crippen LogP contribution in [0.3, 0.4) is 0 Å². The zero-order valence-corrected chi connectivity index (χ0v) is 15.5. The normalized spacial score (nSPS) is 12.3. The van der Waals surface area contributed by atoms with Crippen LogP contribution in [0.25, 0.3) is 0 Å². The maximum absolute atomic E-state index is 13.0. The predicted octanol–water partition coefficient (Wildman–Crippen LogP) is 5.13. The number of benzene rings is 3. The first-order chi connectivity index (χ1) is 13.2. The second-order valence-electron chi connectivity index (χ2n) is 6.34. The fourth-order valence-electron chi connectivity index (χ4n) is 3.13. The molecule has 0 saturated heterocycles. The van der Waals surface area contributed by atoms with Crippen molar-refractivity contribution in [1.29, 1.82) is 0 Å². The van der Waals surface area contributed by atoms with Crippen LogP contribution in [-0.4, -0.2) is 12.5 Å². The summed E-state index contributed by atoms with van der Waals surface area (Å²) in [6.07, 6.45) is 0.383. The van der Waals surface area contributed by atoms with E-state index >= 15 is 0 Å². The van der Waals surface area contributed by atoms with E-state index in [9.17, 15) is 9.18 Å². The molecule has 3 aromatic rings. The molecule has 3 nitrogen and oxygen atoms in total. The van der Waals surface area contributed by atoms with Crippen LogP contribution in [0.1, 0.15) is 12.0 Å². The van der Waals surface area contributed by atoms with Gasteiger partial charge in [0.25, 0.3) is 0 Å². The molecule has 136 valence electrons. The number of amides is 1. The number of nitrogens with zero attached hydrogens (tertiary/aromatic N) is 1. The zero-order valence-electron chi connectivity index (χ0n) is 14.7. The van der Waals surface area contributed by atoms with Crippen molar-refractivity contribution in [3.63, 3.8) is 0 Å². The maximum Gasteiger partial charge on any atom is 0.222 e. The van der Waals surface area contributed by atoms with Crippen molar-refractivity contribution in [2.45, 2.75) is 22.8 Å². The Morgan fingerprint density at radius 3 is 2.11 bits per heavy atom. The summed E-state index contributed by atoms with van der Waals surface area (Å²) in [6, 6.07) is 22.7. The molecule has 1 aliphatic rings. The smallest absolute Gasteiger partial charge is 0.222 e. The standard InChI is InChI=1S/C22H19FN2OS/c23-17-11-9-16(10-12-17)15-24-22(26)13-14-25-18-5-1-3-7-20(18)27-21-8-4-2-6-19(21)25/h1-12H,13-15H2,(H,24,26). The molecule has 4 rings (SSSR count). The van der Waals surface area contributed by atoms with Crippen LogP contribution in [-0.2, 0) is 11.3 Å². The molecular weight excluding hydrogens is 359 g/mol. The van der Waals surface area contributed by atoms with Crippen molar-refractivity contribution in [2.75, 3.05) is 11.4 Å². The number of carbonyl (C=O) groups is 1. The number of rotatable bonds is 5. The lowest BCUT2D eigenvalue weighted by molar-refractivity contribution is -0.121. The third-order valence-corrected chi connectivity index (χ3v) is 5.63. The van der Waals surface area contributed by atoms with Gasteiger partial charge in [-0.05, 0) is 42.0 Å². The third-order valence-electron chi connectivity index (χ3n) is 4.50. The van der Waals surface area contributed by atoms with Gasteiger partial charge in [0.2, 0.25) is 5.91 Å². The minimum Gasteiger partial charge on any atom is -0.352 e. The monoisotopic (exact) mass is 378 g/mol. The SMILES string of the molecule is O=C(CCN1c2ccccc2Sc2ccccc21)NCc1ccc(F)cc1. The highest BCUT2D eigenvalue weighted by molar-refractivity contribution is 7.99. The van der Waals surface area contributed by atoms with Crippen LogP contribution in [0.5, 0.6) is 0 Å². The van der Waals surface area contributed by atoms with E-state index in [4.69, 9.17) is 0 Å². The molecule has 0 bridgehead atoms. The molecule has 1 heterocycles. The topological polar surface area (TPSA) is 32.3 Å². The van der Waals surface area contributed by atoms with Crippen molar-refractivity contribution >= 4 is 29.0 Å².